The molecule has 0 spiro atoms. The summed E-state index contributed by atoms with van der Waals surface area (Å²) in [5, 5.41) is 2.99. The second kappa shape index (κ2) is 7.79. The second-order valence-electron chi connectivity index (χ2n) is 4.91. The maximum atomic E-state index is 11.9. The molecule has 0 aromatic heterocycles. The van der Waals surface area contributed by atoms with E-state index in [0.717, 1.165) is 17.7 Å². The van der Waals surface area contributed by atoms with Gasteiger partial charge in [-0.25, -0.2) is 0 Å². The standard InChI is InChI=1S/C15H24N2O2/c1-11(10-16)8-9-15(18)17-12(2)13-6-4-5-7-14(13)19-3/h4-7,11-12H,8-10,16H2,1-3H3,(H,17,18)/t11?,12-/m0/s1. The number of nitrogens with two attached hydrogens (primary N) is 1. The van der Waals surface area contributed by atoms with Crippen molar-refractivity contribution < 1.29 is 9.53 Å². The van der Waals surface area contributed by atoms with Crippen LogP contribution in [0.5, 0.6) is 5.75 Å². The summed E-state index contributed by atoms with van der Waals surface area (Å²) in [5.41, 5.74) is 6.53. The highest BCUT2D eigenvalue weighted by Crippen LogP contribution is 2.24. The number of carbonyl (C=O) groups is 1. The van der Waals surface area contributed by atoms with E-state index in [1.807, 2.05) is 31.2 Å². The van der Waals surface area contributed by atoms with Gasteiger partial charge in [-0.2, -0.15) is 0 Å². The molecule has 0 aliphatic carbocycles. The summed E-state index contributed by atoms with van der Waals surface area (Å²) in [4.78, 5) is 11.9. The van der Waals surface area contributed by atoms with Crippen LogP contribution in [0.3, 0.4) is 0 Å². The van der Waals surface area contributed by atoms with Crippen molar-refractivity contribution in [1.82, 2.24) is 5.32 Å². The monoisotopic (exact) mass is 264 g/mol. The van der Waals surface area contributed by atoms with E-state index < -0.39 is 0 Å². The Balaban J connectivity index is 2.54. The van der Waals surface area contributed by atoms with Crippen molar-refractivity contribution >= 4 is 5.91 Å². The van der Waals surface area contributed by atoms with Crippen LogP contribution in [0.25, 0.3) is 0 Å². The number of carbonyl (C=O) groups excluding carboxylic acids is 1. The van der Waals surface area contributed by atoms with E-state index in [-0.39, 0.29) is 11.9 Å². The van der Waals surface area contributed by atoms with Gasteiger partial charge in [-0.1, -0.05) is 25.1 Å². The van der Waals surface area contributed by atoms with Crippen molar-refractivity contribution in [3.8, 4) is 5.75 Å². The minimum absolute atomic E-state index is 0.0544. The number of nitrogens with one attached hydrogen (secondary N) is 1. The fraction of sp³-hybridized carbons (Fsp3) is 0.533. The van der Waals surface area contributed by atoms with Gasteiger partial charge >= 0.3 is 0 Å². The Morgan fingerprint density at radius 1 is 1.37 bits per heavy atom. The van der Waals surface area contributed by atoms with Crippen LogP contribution in [0, 0.1) is 5.92 Å². The van der Waals surface area contributed by atoms with Gasteiger partial charge in [-0.05, 0) is 31.9 Å². The number of rotatable bonds is 7. The summed E-state index contributed by atoms with van der Waals surface area (Å²) in [5.74, 6) is 1.23. The van der Waals surface area contributed by atoms with Crippen LogP contribution in [-0.4, -0.2) is 19.6 Å². The largest absolute Gasteiger partial charge is 0.496 e. The van der Waals surface area contributed by atoms with Gasteiger partial charge in [0, 0.05) is 12.0 Å². The molecule has 0 saturated carbocycles. The summed E-state index contributed by atoms with van der Waals surface area (Å²) in [6.45, 7) is 4.63. The number of hydrogen-bond acceptors (Lipinski definition) is 3. The van der Waals surface area contributed by atoms with E-state index >= 15 is 0 Å². The molecule has 4 nitrogen and oxygen atoms in total. The Bertz CT molecular complexity index is 407. The first-order chi connectivity index (χ1) is 9.08. The highest BCUT2D eigenvalue weighted by Gasteiger charge is 2.13. The molecule has 0 fully saturated rings. The highest BCUT2D eigenvalue weighted by molar-refractivity contribution is 5.76. The maximum absolute atomic E-state index is 11.9. The maximum Gasteiger partial charge on any atom is 0.220 e. The first-order valence-corrected chi connectivity index (χ1v) is 6.70. The Kier molecular flexibility index (Phi) is 6.36. The molecule has 1 unspecified atom stereocenters. The third kappa shape index (κ3) is 4.91. The van der Waals surface area contributed by atoms with Crippen LogP contribution in [0.15, 0.2) is 24.3 Å². The lowest BCUT2D eigenvalue weighted by atomic mass is 10.0. The average Bonchev–Trinajstić information content (AvgIpc) is 2.44. The van der Waals surface area contributed by atoms with Gasteiger partial charge in [-0.15, -0.1) is 0 Å². The number of benzene rings is 1. The Hall–Kier alpha value is -1.55. The van der Waals surface area contributed by atoms with Crippen molar-refractivity contribution in [1.29, 1.82) is 0 Å². The molecule has 1 amide bonds. The van der Waals surface area contributed by atoms with Crippen LogP contribution in [-0.2, 0) is 4.79 Å². The van der Waals surface area contributed by atoms with Crippen LogP contribution >= 0.6 is 0 Å². The minimum atomic E-state index is -0.0585. The summed E-state index contributed by atoms with van der Waals surface area (Å²) >= 11 is 0. The molecule has 0 radical (unpaired) electrons. The van der Waals surface area contributed by atoms with Crippen LogP contribution in [0.2, 0.25) is 0 Å². The molecule has 3 N–H and O–H groups in total. The van der Waals surface area contributed by atoms with Crippen molar-refractivity contribution in [3.63, 3.8) is 0 Å². The smallest absolute Gasteiger partial charge is 0.220 e. The number of methoxy groups -OCH3 is 1. The van der Waals surface area contributed by atoms with Gasteiger partial charge in [0.1, 0.15) is 5.75 Å². The Morgan fingerprint density at radius 3 is 2.68 bits per heavy atom. The zero-order valence-electron chi connectivity index (χ0n) is 12.0. The number of ether oxygens (including phenoxy) is 1. The third-order valence-corrected chi connectivity index (χ3v) is 3.25. The van der Waals surface area contributed by atoms with E-state index in [0.29, 0.717) is 18.9 Å². The molecule has 4 heteroatoms. The molecule has 0 saturated heterocycles. The van der Waals surface area contributed by atoms with Crippen LogP contribution in [0.4, 0.5) is 0 Å². The van der Waals surface area contributed by atoms with E-state index in [4.69, 9.17) is 10.5 Å². The quantitative estimate of drug-likeness (QED) is 0.794. The molecule has 19 heavy (non-hydrogen) atoms. The molecular weight excluding hydrogens is 240 g/mol. The van der Waals surface area contributed by atoms with Gasteiger partial charge < -0.3 is 15.8 Å². The Morgan fingerprint density at radius 2 is 2.05 bits per heavy atom. The molecule has 0 bridgehead atoms. The van der Waals surface area contributed by atoms with E-state index in [9.17, 15) is 4.79 Å². The highest BCUT2D eigenvalue weighted by atomic mass is 16.5. The second-order valence-corrected chi connectivity index (χ2v) is 4.91. The van der Waals surface area contributed by atoms with Gasteiger partial charge in [0.25, 0.3) is 0 Å². The number of hydrogen-bond donors (Lipinski definition) is 2. The minimum Gasteiger partial charge on any atom is -0.496 e. The van der Waals surface area contributed by atoms with Crippen molar-refractivity contribution in [2.45, 2.75) is 32.7 Å². The molecule has 1 rings (SSSR count). The van der Waals surface area contributed by atoms with Crippen molar-refractivity contribution in [3.05, 3.63) is 29.8 Å². The summed E-state index contributed by atoms with van der Waals surface area (Å²) in [6.07, 6.45) is 1.33. The molecule has 106 valence electrons. The van der Waals surface area contributed by atoms with Crippen molar-refractivity contribution in [2.24, 2.45) is 11.7 Å². The van der Waals surface area contributed by atoms with Gasteiger partial charge in [0.05, 0.1) is 13.2 Å². The zero-order valence-corrected chi connectivity index (χ0v) is 12.0. The predicted molar refractivity (Wildman–Crippen MR) is 77.0 cm³/mol. The van der Waals surface area contributed by atoms with E-state index in [1.54, 1.807) is 7.11 Å². The lowest BCUT2D eigenvalue weighted by Crippen LogP contribution is -2.27. The van der Waals surface area contributed by atoms with Gasteiger partial charge in [0.15, 0.2) is 0 Å². The SMILES string of the molecule is COc1ccccc1[C@H](C)NC(=O)CCC(C)CN. The third-order valence-electron chi connectivity index (χ3n) is 3.25. The molecule has 1 aromatic carbocycles. The molecule has 0 aliphatic heterocycles. The van der Waals surface area contributed by atoms with Crippen molar-refractivity contribution in [2.75, 3.05) is 13.7 Å². The molecule has 0 aliphatic rings. The topological polar surface area (TPSA) is 64.3 Å². The first-order valence-electron chi connectivity index (χ1n) is 6.70. The lowest BCUT2D eigenvalue weighted by Gasteiger charge is -2.17. The number of amides is 1. The molecular formula is C15H24N2O2. The summed E-state index contributed by atoms with van der Waals surface area (Å²) in [6, 6.07) is 7.66. The van der Waals surface area contributed by atoms with E-state index in [2.05, 4.69) is 12.2 Å². The molecule has 0 heterocycles. The fourth-order valence-corrected chi connectivity index (χ4v) is 1.91. The Labute approximate surface area is 115 Å². The lowest BCUT2D eigenvalue weighted by molar-refractivity contribution is -0.122. The van der Waals surface area contributed by atoms with Gasteiger partial charge in [-0.3, -0.25) is 4.79 Å². The predicted octanol–water partition coefficient (Wildman–Crippen LogP) is 2.25. The normalized spacial score (nSPS) is 13.7. The van der Waals surface area contributed by atoms with Crippen LogP contribution in [0.1, 0.15) is 38.3 Å². The zero-order chi connectivity index (χ0) is 14.3. The molecule has 2 atom stereocenters. The summed E-state index contributed by atoms with van der Waals surface area (Å²) in [7, 11) is 1.64. The first kappa shape index (κ1) is 15.5. The molecule has 1 aromatic rings. The number of para-hydroxylation sites is 1. The fourth-order valence-electron chi connectivity index (χ4n) is 1.91. The van der Waals surface area contributed by atoms with Gasteiger partial charge in [0.2, 0.25) is 5.91 Å². The average molecular weight is 264 g/mol. The van der Waals surface area contributed by atoms with Crippen LogP contribution < -0.4 is 15.8 Å². The van der Waals surface area contributed by atoms with E-state index in [1.165, 1.54) is 0 Å². The summed E-state index contributed by atoms with van der Waals surface area (Å²) < 4.78 is 5.30.